The van der Waals surface area contributed by atoms with Crippen LogP contribution < -0.4 is 0 Å². The van der Waals surface area contributed by atoms with Crippen LogP contribution in [0.5, 0.6) is 0 Å². The summed E-state index contributed by atoms with van der Waals surface area (Å²) in [6.45, 7) is 0. The predicted molar refractivity (Wildman–Crippen MR) is 175 cm³/mol. The van der Waals surface area contributed by atoms with Crippen molar-refractivity contribution in [1.82, 2.24) is 0 Å². The summed E-state index contributed by atoms with van der Waals surface area (Å²) in [5.74, 6) is 0. The van der Waals surface area contributed by atoms with E-state index in [4.69, 9.17) is 33.5 Å². The Morgan fingerprint density at radius 1 is 0.357 bits per heavy atom. The number of para-hydroxylation sites is 1. The molecule has 0 unspecified atom stereocenters. The summed E-state index contributed by atoms with van der Waals surface area (Å²) in [6, 6.07) is -19.8. The first-order chi connectivity index (χ1) is 30.8. The highest BCUT2D eigenvalue weighted by atomic mass is 16.4. The fourth-order valence-electron chi connectivity index (χ4n) is 5.17. The SMILES string of the molecule is [2H]c1oc2c(c([2H])c([2H])c3c2oc2c(-c4c5c([2H])c([2H])c([2H])c([2H])c5c(-c5c([2H])c([2H])c([2H])c([2H])c5[2H])c5c([2H])c([2H])c([2H])c([2H])c45)c([2H])c([2H])c([2H])c23)c1-c1c([2H])c([2H])c([2H])c([2H])c1[2H]. The molecule has 0 aliphatic heterocycles. The predicted octanol–water partition coefficient (Wildman–Crippen LogP) is 11.6. The lowest BCUT2D eigenvalue weighted by molar-refractivity contribution is 0.601. The van der Waals surface area contributed by atoms with Crippen molar-refractivity contribution in [3.05, 3.63) is 145 Å². The van der Waals surface area contributed by atoms with E-state index in [9.17, 15) is 8.22 Å². The summed E-state index contributed by atoms with van der Waals surface area (Å²) in [4.78, 5) is 0. The molecule has 7 aromatic carbocycles. The van der Waals surface area contributed by atoms with E-state index in [-0.39, 0.29) is 0 Å². The van der Waals surface area contributed by atoms with Gasteiger partial charge in [-0.25, -0.2) is 0 Å². The van der Waals surface area contributed by atoms with Crippen molar-refractivity contribution >= 4 is 54.5 Å². The monoisotopic (exact) mass is 560 g/mol. The number of hydrogen-bond acceptors (Lipinski definition) is 2. The third-order valence-electron chi connectivity index (χ3n) is 6.89. The Kier molecular flexibility index (Phi) is 2.08. The maximum Gasteiger partial charge on any atom is 0.178 e. The van der Waals surface area contributed by atoms with Gasteiger partial charge in [-0.3, -0.25) is 0 Å². The van der Waals surface area contributed by atoms with Gasteiger partial charge in [0.15, 0.2) is 11.2 Å². The molecule has 0 radical (unpaired) electrons. The second-order valence-electron chi connectivity index (χ2n) is 9.04. The van der Waals surface area contributed by atoms with Gasteiger partial charge in [0, 0.05) is 32.8 Å². The Morgan fingerprint density at radius 3 is 1.55 bits per heavy atom. The van der Waals surface area contributed by atoms with E-state index in [1.54, 1.807) is 0 Å². The van der Waals surface area contributed by atoms with Crippen molar-refractivity contribution in [2.75, 3.05) is 0 Å². The molecule has 2 nitrogen and oxygen atoms in total. The summed E-state index contributed by atoms with van der Waals surface area (Å²) >= 11 is 0. The van der Waals surface area contributed by atoms with Crippen LogP contribution in [-0.4, -0.2) is 0 Å². The van der Waals surface area contributed by atoms with Crippen LogP contribution >= 0.6 is 0 Å². The van der Waals surface area contributed by atoms with E-state index in [2.05, 4.69) is 0 Å². The summed E-state index contributed by atoms with van der Waals surface area (Å²) in [5.41, 5.74) is -5.32. The highest BCUT2D eigenvalue weighted by Crippen LogP contribution is 2.47. The molecule has 0 saturated heterocycles. The minimum absolute atomic E-state index is 0.434. The molecule has 42 heavy (non-hydrogen) atoms. The van der Waals surface area contributed by atoms with Crippen LogP contribution in [0, 0.1) is 0 Å². The van der Waals surface area contributed by atoms with Crippen LogP contribution in [0.15, 0.2) is 154 Å². The molecule has 2 heteroatoms. The third-order valence-corrected chi connectivity index (χ3v) is 6.89. The molecule has 9 rings (SSSR count). The van der Waals surface area contributed by atoms with Crippen molar-refractivity contribution in [2.24, 2.45) is 0 Å². The van der Waals surface area contributed by atoms with Crippen molar-refractivity contribution in [2.45, 2.75) is 0 Å². The molecule has 0 bridgehead atoms. The highest BCUT2D eigenvalue weighted by molar-refractivity contribution is 6.25. The van der Waals surface area contributed by atoms with Crippen molar-refractivity contribution < 1.29 is 41.7 Å². The molecule has 0 spiro atoms. The fourth-order valence-corrected chi connectivity index (χ4v) is 5.17. The van der Waals surface area contributed by atoms with Crippen LogP contribution in [0.2, 0.25) is 0 Å². The Balaban J connectivity index is 1.59. The van der Waals surface area contributed by atoms with Crippen LogP contribution in [0.25, 0.3) is 87.8 Å². The molecule has 2 heterocycles. The largest absolute Gasteiger partial charge is 0.460 e. The minimum atomic E-state index is -0.927. The van der Waals surface area contributed by atoms with Crippen molar-refractivity contribution in [1.29, 1.82) is 0 Å². The molecule has 0 amide bonds. The van der Waals surface area contributed by atoms with Crippen LogP contribution in [0.4, 0.5) is 0 Å². The number of benzene rings is 7. The normalized spacial score (nSPS) is 19.8. The van der Waals surface area contributed by atoms with E-state index in [1.807, 2.05) is 0 Å². The quantitative estimate of drug-likeness (QED) is 0.201. The summed E-state index contributed by atoms with van der Waals surface area (Å²) in [6.07, 6.45) is -0.842. The summed E-state index contributed by atoms with van der Waals surface area (Å²) in [7, 11) is 0. The standard InChI is InChI=1S/C40H24O2/c1-3-12-25(13-4-1)35-24-41-39-33(35)23-22-32-31-20-11-21-34(38(31)42-40(32)39)37-29-18-9-7-16-27(29)36(26-14-5-2-6-15-26)28-17-8-10-19-30(28)37/h1-24H/i1D,2D,3D,4D,5D,6D,7D,8D,9D,10D,11D,12D,13D,14D,15D,16D,17D,18D,19D,20D,21D,22D,23D,24D. The lowest BCUT2D eigenvalue weighted by Gasteiger charge is -2.17. The maximum atomic E-state index is 9.39. The van der Waals surface area contributed by atoms with E-state index >= 15 is 0 Å². The molecule has 0 N–H and O–H groups in total. The highest BCUT2D eigenvalue weighted by Gasteiger charge is 2.22. The summed E-state index contributed by atoms with van der Waals surface area (Å²) < 4.78 is 224. The maximum absolute atomic E-state index is 9.39. The smallest absolute Gasteiger partial charge is 0.178 e. The lowest BCUT2D eigenvalue weighted by Crippen LogP contribution is -1.90. The first-order valence-corrected chi connectivity index (χ1v) is 12.3. The fraction of sp³-hybridized carbons (Fsp3) is 0. The van der Waals surface area contributed by atoms with Gasteiger partial charge in [0.05, 0.1) is 37.8 Å². The van der Waals surface area contributed by atoms with Crippen molar-refractivity contribution in [3.63, 3.8) is 0 Å². The molecule has 0 aliphatic carbocycles. The molecule has 2 aromatic heterocycles. The first-order valence-electron chi connectivity index (χ1n) is 24.3. The molecule has 196 valence electrons. The average Bonchev–Trinajstić information content (AvgIpc) is 3.85. The Morgan fingerprint density at radius 2 is 0.881 bits per heavy atom. The van der Waals surface area contributed by atoms with Crippen LogP contribution in [0.1, 0.15) is 32.9 Å². The Bertz CT molecular complexity index is 3670. The number of hydrogen-bond donors (Lipinski definition) is 0. The molecular weight excluding hydrogens is 512 g/mol. The molecule has 0 atom stereocenters. The molecule has 0 fully saturated rings. The zero-order valence-corrected chi connectivity index (χ0v) is 20.8. The van der Waals surface area contributed by atoms with Gasteiger partial charge in [0.1, 0.15) is 6.95 Å². The van der Waals surface area contributed by atoms with Crippen molar-refractivity contribution in [3.8, 4) is 33.4 Å². The molecule has 0 aliphatic rings. The lowest BCUT2D eigenvalue weighted by atomic mass is 9.85. The van der Waals surface area contributed by atoms with E-state index < -0.39 is 233 Å². The number of rotatable bonds is 3. The van der Waals surface area contributed by atoms with Gasteiger partial charge in [0.25, 0.3) is 0 Å². The Labute approximate surface area is 275 Å². The molecule has 9 aromatic rings. The Hall–Kier alpha value is -5.60. The van der Waals surface area contributed by atoms with Gasteiger partial charge < -0.3 is 8.83 Å². The van der Waals surface area contributed by atoms with Gasteiger partial charge in [0.2, 0.25) is 0 Å². The van der Waals surface area contributed by atoms with E-state index in [0.717, 1.165) is 0 Å². The molecular formula is C40H24O2. The van der Waals surface area contributed by atoms with Gasteiger partial charge >= 0.3 is 0 Å². The summed E-state index contributed by atoms with van der Waals surface area (Å²) in [5, 5.41) is -3.91. The zero-order chi connectivity index (χ0) is 48.5. The average molecular weight is 561 g/mol. The second-order valence-corrected chi connectivity index (χ2v) is 9.04. The minimum Gasteiger partial charge on any atom is -0.460 e. The van der Waals surface area contributed by atoms with Gasteiger partial charge in [-0.05, 0) is 50.3 Å². The molecule has 0 saturated carbocycles. The zero-order valence-electron chi connectivity index (χ0n) is 44.8. The second kappa shape index (κ2) is 8.95. The van der Waals surface area contributed by atoms with Gasteiger partial charge in [-0.15, -0.1) is 0 Å². The van der Waals surface area contributed by atoms with Crippen LogP contribution in [0.3, 0.4) is 0 Å². The van der Waals surface area contributed by atoms with E-state index in [0.29, 0.717) is 0 Å². The van der Waals surface area contributed by atoms with Gasteiger partial charge in [-0.2, -0.15) is 0 Å². The topological polar surface area (TPSA) is 26.3 Å². The van der Waals surface area contributed by atoms with E-state index in [1.165, 1.54) is 0 Å². The number of fused-ring (bicyclic) bond motifs is 7. The van der Waals surface area contributed by atoms with Gasteiger partial charge in [-0.1, -0.05) is 127 Å². The third kappa shape index (κ3) is 3.27. The van der Waals surface area contributed by atoms with Crippen LogP contribution in [-0.2, 0) is 0 Å². The first kappa shape index (κ1) is 9.75. The number of furan rings is 2.